The van der Waals surface area contributed by atoms with Crippen molar-refractivity contribution in [3.05, 3.63) is 42.0 Å². The molecule has 0 fully saturated rings. The fourth-order valence-corrected chi connectivity index (χ4v) is 1.20. The van der Waals surface area contributed by atoms with Crippen LogP contribution in [-0.4, -0.2) is 29.2 Å². The topological polar surface area (TPSA) is 94.3 Å². The summed E-state index contributed by atoms with van der Waals surface area (Å²) in [4.78, 5) is 22.7. The largest absolute Gasteiger partial charge is 0.464 e. The predicted molar refractivity (Wildman–Crippen MR) is 60.0 cm³/mol. The van der Waals surface area contributed by atoms with Crippen molar-refractivity contribution >= 4 is 17.7 Å². The quantitative estimate of drug-likeness (QED) is 0.816. The van der Waals surface area contributed by atoms with Gasteiger partial charge in [0.1, 0.15) is 0 Å². The fourth-order valence-electron chi connectivity index (χ4n) is 1.20. The minimum absolute atomic E-state index is 0.0634. The molecule has 0 unspecified atom stereocenters. The summed E-state index contributed by atoms with van der Waals surface area (Å²) in [6, 6.07) is 5.96. The van der Waals surface area contributed by atoms with Gasteiger partial charge in [-0.3, -0.25) is 4.79 Å². The molecular formula is C11H9N3O4. The molecule has 0 saturated heterocycles. The van der Waals surface area contributed by atoms with E-state index in [-0.39, 0.29) is 17.3 Å². The lowest BCUT2D eigenvalue weighted by Gasteiger charge is -2.02. The number of nitrogens with one attached hydrogen (secondary N) is 1. The van der Waals surface area contributed by atoms with Crippen LogP contribution in [0.1, 0.15) is 21.0 Å². The van der Waals surface area contributed by atoms with Gasteiger partial charge in [-0.05, 0) is 24.3 Å². The lowest BCUT2D eigenvalue weighted by molar-refractivity contribution is 0.0592. The number of esters is 1. The van der Waals surface area contributed by atoms with E-state index in [0.717, 1.165) is 0 Å². The molecular weight excluding hydrogens is 238 g/mol. The van der Waals surface area contributed by atoms with Crippen molar-refractivity contribution in [1.29, 1.82) is 0 Å². The molecule has 7 heteroatoms. The maximum Gasteiger partial charge on any atom is 0.358 e. The van der Waals surface area contributed by atoms with E-state index in [1.54, 1.807) is 6.07 Å². The molecule has 1 N–H and O–H groups in total. The van der Waals surface area contributed by atoms with Crippen LogP contribution in [0.15, 0.2) is 34.9 Å². The van der Waals surface area contributed by atoms with Gasteiger partial charge in [-0.1, -0.05) is 0 Å². The van der Waals surface area contributed by atoms with Crippen molar-refractivity contribution in [2.45, 2.75) is 0 Å². The summed E-state index contributed by atoms with van der Waals surface area (Å²) in [5.41, 5.74) is 0.0634. The Morgan fingerprint density at radius 2 is 2.11 bits per heavy atom. The molecule has 0 spiro atoms. The third-order valence-electron chi connectivity index (χ3n) is 2.05. The first-order valence-corrected chi connectivity index (χ1v) is 4.97. The van der Waals surface area contributed by atoms with E-state index in [2.05, 4.69) is 20.3 Å². The molecule has 0 atom stereocenters. The van der Waals surface area contributed by atoms with E-state index in [4.69, 9.17) is 4.42 Å². The van der Waals surface area contributed by atoms with Gasteiger partial charge in [-0.15, -0.1) is 10.2 Å². The molecule has 0 radical (unpaired) electrons. The van der Waals surface area contributed by atoms with Crippen LogP contribution in [0.2, 0.25) is 0 Å². The zero-order valence-electron chi connectivity index (χ0n) is 9.41. The molecule has 0 bridgehead atoms. The third kappa shape index (κ3) is 2.51. The van der Waals surface area contributed by atoms with E-state index < -0.39 is 11.9 Å². The van der Waals surface area contributed by atoms with Crippen LogP contribution in [0.25, 0.3) is 0 Å². The van der Waals surface area contributed by atoms with Crippen molar-refractivity contribution < 1.29 is 18.7 Å². The summed E-state index contributed by atoms with van der Waals surface area (Å²) in [5.74, 6) is -0.663. The van der Waals surface area contributed by atoms with Gasteiger partial charge in [0.2, 0.25) is 0 Å². The Morgan fingerprint density at radius 1 is 1.28 bits per heavy atom. The monoisotopic (exact) mass is 247 g/mol. The Morgan fingerprint density at radius 3 is 2.67 bits per heavy atom. The van der Waals surface area contributed by atoms with Crippen LogP contribution < -0.4 is 5.32 Å². The van der Waals surface area contributed by atoms with E-state index in [9.17, 15) is 9.59 Å². The molecule has 0 aromatic carbocycles. The number of rotatable bonds is 3. The fraction of sp³-hybridized carbons (Fsp3) is 0.0909. The molecule has 2 rings (SSSR count). The number of methoxy groups -OCH3 is 1. The molecule has 18 heavy (non-hydrogen) atoms. The highest BCUT2D eigenvalue weighted by atomic mass is 16.5. The molecule has 2 aromatic heterocycles. The number of carbonyl (C=O) groups excluding carboxylic acids is 2. The van der Waals surface area contributed by atoms with E-state index in [1.807, 2.05) is 0 Å². The molecule has 7 nitrogen and oxygen atoms in total. The van der Waals surface area contributed by atoms with Gasteiger partial charge in [-0.25, -0.2) is 4.79 Å². The number of nitrogens with zero attached hydrogens (tertiary/aromatic N) is 2. The SMILES string of the molecule is COC(=O)c1ccc(NC(=O)c2ccco2)nn1. The van der Waals surface area contributed by atoms with Crippen LogP contribution >= 0.6 is 0 Å². The minimum atomic E-state index is -0.591. The Balaban J connectivity index is 2.07. The number of ether oxygens (including phenoxy) is 1. The standard InChI is InChI=1S/C11H9N3O4/c1-17-11(16)7-4-5-9(14-13-7)12-10(15)8-3-2-6-18-8/h2-6H,1H3,(H,12,14,15). The van der Waals surface area contributed by atoms with Crippen LogP contribution in [0, 0.1) is 0 Å². The van der Waals surface area contributed by atoms with Crippen LogP contribution in [-0.2, 0) is 4.74 Å². The van der Waals surface area contributed by atoms with Gasteiger partial charge < -0.3 is 14.5 Å². The number of aromatic nitrogens is 2. The van der Waals surface area contributed by atoms with Crippen LogP contribution in [0.3, 0.4) is 0 Å². The number of hydrogen-bond donors (Lipinski definition) is 1. The van der Waals surface area contributed by atoms with Crippen molar-refractivity contribution in [3.63, 3.8) is 0 Å². The Labute approximate surface area is 102 Å². The predicted octanol–water partition coefficient (Wildman–Crippen LogP) is 1.11. The van der Waals surface area contributed by atoms with E-state index in [0.29, 0.717) is 0 Å². The number of furan rings is 1. The lowest BCUT2D eigenvalue weighted by Crippen LogP contribution is -2.13. The van der Waals surface area contributed by atoms with E-state index >= 15 is 0 Å². The van der Waals surface area contributed by atoms with Crippen molar-refractivity contribution in [2.75, 3.05) is 12.4 Å². The Hall–Kier alpha value is -2.70. The second-order valence-electron chi connectivity index (χ2n) is 3.23. The summed E-state index contributed by atoms with van der Waals surface area (Å²) in [6.07, 6.45) is 1.39. The van der Waals surface area contributed by atoms with E-state index in [1.165, 1.54) is 31.6 Å². The summed E-state index contributed by atoms with van der Waals surface area (Å²) >= 11 is 0. The lowest BCUT2D eigenvalue weighted by atomic mass is 10.3. The van der Waals surface area contributed by atoms with Gasteiger partial charge in [0.25, 0.3) is 5.91 Å². The average Bonchev–Trinajstić information content (AvgIpc) is 2.92. The summed E-state index contributed by atoms with van der Waals surface area (Å²) in [6.45, 7) is 0. The number of hydrogen-bond acceptors (Lipinski definition) is 6. The van der Waals surface area contributed by atoms with Gasteiger partial charge in [-0.2, -0.15) is 0 Å². The van der Waals surface area contributed by atoms with Crippen molar-refractivity contribution in [3.8, 4) is 0 Å². The number of amides is 1. The molecule has 0 aliphatic carbocycles. The number of carbonyl (C=O) groups is 2. The minimum Gasteiger partial charge on any atom is -0.464 e. The number of anilines is 1. The summed E-state index contributed by atoms with van der Waals surface area (Å²) < 4.78 is 9.38. The average molecular weight is 247 g/mol. The smallest absolute Gasteiger partial charge is 0.358 e. The highest BCUT2D eigenvalue weighted by molar-refractivity contribution is 6.01. The highest BCUT2D eigenvalue weighted by Crippen LogP contribution is 2.07. The van der Waals surface area contributed by atoms with Gasteiger partial charge >= 0.3 is 5.97 Å². The van der Waals surface area contributed by atoms with Gasteiger partial charge in [0.05, 0.1) is 13.4 Å². The Kier molecular flexibility index (Phi) is 3.33. The van der Waals surface area contributed by atoms with Crippen LogP contribution in [0.4, 0.5) is 5.82 Å². The normalized spacial score (nSPS) is 9.83. The van der Waals surface area contributed by atoms with Crippen LogP contribution in [0.5, 0.6) is 0 Å². The first kappa shape index (κ1) is 11.8. The molecule has 0 aliphatic heterocycles. The van der Waals surface area contributed by atoms with Gasteiger partial charge in [0.15, 0.2) is 17.3 Å². The maximum absolute atomic E-state index is 11.6. The second kappa shape index (κ2) is 5.09. The highest BCUT2D eigenvalue weighted by Gasteiger charge is 2.11. The summed E-state index contributed by atoms with van der Waals surface area (Å²) in [5, 5.41) is 9.76. The first-order chi connectivity index (χ1) is 8.70. The zero-order valence-corrected chi connectivity index (χ0v) is 9.41. The molecule has 2 aromatic rings. The molecule has 1 amide bonds. The third-order valence-corrected chi connectivity index (χ3v) is 2.05. The Bertz CT molecular complexity index is 548. The maximum atomic E-state index is 11.6. The summed E-state index contributed by atoms with van der Waals surface area (Å²) in [7, 11) is 1.25. The first-order valence-electron chi connectivity index (χ1n) is 4.97. The zero-order chi connectivity index (χ0) is 13.0. The molecule has 0 aliphatic rings. The molecule has 2 heterocycles. The van der Waals surface area contributed by atoms with Crippen molar-refractivity contribution in [1.82, 2.24) is 10.2 Å². The van der Waals surface area contributed by atoms with Crippen molar-refractivity contribution in [2.24, 2.45) is 0 Å². The second-order valence-corrected chi connectivity index (χ2v) is 3.23. The van der Waals surface area contributed by atoms with Gasteiger partial charge in [0, 0.05) is 0 Å². The molecule has 92 valence electrons. The molecule has 0 saturated carbocycles.